The van der Waals surface area contributed by atoms with Gasteiger partial charge < -0.3 is 10.2 Å². The molecule has 1 aromatic carbocycles. The van der Waals surface area contributed by atoms with Gasteiger partial charge in [0.25, 0.3) is 0 Å². The number of hydrogen-bond donors (Lipinski definition) is 1. The lowest BCUT2D eigenvalue weighted by atomic mass is 9.99. The van der Waals surface area contributed by atoms with Crippen LogP contribution in [0, 0.1) is 0 Å². The molecular weight excluding hydrogens is 262 g/mol. The summed E-state index contributed by atoms with van der Waals surface area (Å²) in [6, 6.07) is 8.81. The molecule has 1 N–H and O–H groups in total. The number of piperazine rings is 1. The second-order valence-corrected chi connectivity index (χ2v) is 6.53. The van der Waals surface area contributed by atoms with Crippen LogP contribution in [0.1, 0.15) is 24.8 Å². The van der Waals surface area contributed by atoms with Crippen LogP contribution in [-0.2, 0) is 11.2 Å². The van der Waals surface area contributed by atoms with E-state index in [4.69, 9.17) is 0 Å². The van der Waals surface area contributed by atoms with Crippen molar-refractivity contribution in [3.05, 3.63) is 29.8 Å². The molecule has 2 fully saturated rings. The molecule has 2 atom stereocenters. The van der Waals surface area contributed by atoms with Crippen molar-refractivity contribution in [1.29, 1.82) is 0 Å². The molecule has 3 heterocycles. The minimum atomic E-state index is -0.0578. The van der Waals surface area contributed by atoms with Crippen molar-refractivity contribution in [2.45, 2.75) is 37.8 Å². The summed E-state index contributed by atoms with van der Waals surface area (Å²) in [5, 5.41) is 3.40. The zero-order valence-corrected chi connectivity index (χ0v) is 12.4. The molecule has 0 saturated carbocycles. The number of piperidine rings is 1. The van der Waals surface area contributed by atoms with Gasteiger partial charge in [-0.15, -0.1) is 0 Å². The van der Waals surface area contributed by atoms with E-state index in [0.29, 0.717) is 6.04 Å². The van der Waals surface area contributed by atoms with Crippen LogP contribution in [0.5, 0.6) is 0 Å². The Bertz CT molecular complexity index is 520. The molecule has 0 spiro atoms. The van der Waals surface area contributed by atoms with Crippen LogP contribution in [0.25, 0.3) is 0 Å². The Balaban J connectivity index is 1.42. The second kappa shape index (κ2) is 5.34. The van der Waals surface area contributed by atoms with E-state index in [-0.39, 0.29) is 11.9 Å². The van der Waals surface area contributed by atoms with Gasteiger partial charge in [0.15, 0.2) is 0 Å². The predicted octanol–water partition coefficient (Wildman–Crippen LogP) is 1.72. The fourth-order valence-corrected chi connectivity index (χ4v) is 4.02. The van der Waals surface area contributed by atoms with Crippen LogP contribution in [0.4, 0.5) is 5.69 Å². The smallest absolute Gasteiger partial charge is 0.245 e. The van der Waals surface area contributed by atoms with E-state index in [2.05, 4.69) is 27.2 Å². The average Bonchev–Trinajstić information content (AvgIpc) is 2.97. The highest BCUT2D eigenvalue weighted by Gasteiger charge is 2.35. The molecule has 0 radical (unpaired) electrons. The van der Waals surface area contributed by atoms with Crippen LogP contribution in [0.2, 0.25) is 0 Å². The van der Waals surface area contributed by atoms with Gasteiger partial charge >= 0.3 is 0 Å². The fourth-order valence-electron chi connectivity index (χ4n) is 4.02. The molecule has 0 aromatic heterocycles. The van der Waals surface area contributed by atoms with E-state index >= 15 is 0 Å². The van der Waals surface area contributed by atoms with Gasteiger partial charge in [-0.3, -0.25) is 9.69 Å². The molecule has 1 amide bonds. The Morgan fingerprint density at radius 3 is 2.95 bits per heavy atom. The number of rotatable bonds is 1. The van der Waals surface area contributed by atoms with Gasteiger partial charge in [-0.2, -0.15) is 0 Å². The lowest BCUT2D eigenvalue weighted by Crippen LogP contribution is -2.58. The standard InChI is InChI=1S/C17H23N3O/c21-17(16-11-13-5-1-2-7-15(13)18-16)20-10-9-19-8-4-3-6-14(19)12-20/h1-2,5,7,14,16,18H,3-4,6,8-12H2. The number of carbonyl (C=O) groups is 1. The highest BCUT2D eigenvalue weighted by molar-refractivity contribution is 5.87. The normalized spacial score (nSPS) is 28.7. The summed E-state index contributed by atoms with van der Waals surface area (Å²) < 4.78 is 0. The number of anilines is 1. The number of hydrogen-bond acceptors (Lipinski definition) is 3. The first-order valence-corrected chi connectivity index (χ1v) is 8.18. The van der Waals surface area contributed by atoms with E-state index in [1.165, 1.54) is 31.4 Å². The Labute approximate surface area is 126 Å². The highest BCUT2D eigenvalue weighted by atomic mass is 16.2. The lowest BCUT2D eigenvalue weighted by molar-refractivity contribution is -0.135. The van der Waals surface area contributed by atoms with Crippen molar-refractivity contribution >= 4 is 11.6 Å². The van der Waals surface area contributed by atoms with E-state index in [0.717, 1.165) is 31.7 Å². The maximum absolute atomic E-state index is 12.8. The van der Waals surface area contributed by atoms with Gasteiger partial charge in [-0.25, -0.2) is 0 Å². The van der Waals surface area contributed by atoms with Crippen molar-refractivity contribution in [2.75, 3.05) is 31.5 Å². The van der Waals surface area contributed by atoms with Gasteiger partial charge in [0.2, 0.25) is 5.91 Å². The largest absolute Gasteiger partial charge is 0.373 e. The van der Waals surface area contributed by atoms with Crippen LogP contribution >= 0.6 is 0 Å². The van der Waals surface area contributed by atoms with Gasteiger partial charge in [-0.1, -0.05) is 24.6 Å². The first-order valence-electron chi connectivity index (χ1n) is 8.18. The molecule has 2 saturated heterocycles. The topological polar surface area (TPSA) is 35.6 Å². The monoisotopic (exact) mass is 285 g/mol. The van der Waals surface area contributed by atoms with Crippen LogP contribution in [0.15, 0.2) is 24.3 Å². The third-order valence-corrected chi connectivity index (χ3v) is 5.22. The predicted molar refractivity (Wildman–Crippen MR) is 83.3 cm³/mol. The molecule has 2 unspecified atom stereocenters. The van der Waals surface area contributed by atoms with Gasteiger partial charge in [-0.05, 0) is 31.0 Å². The summed E-state index contributed by atoms with van der Waals surface area (Å²) in [4.78, 5) is 17.5. The number of fused-ring (bicyclic) bond motifs is 2. The van der Waals surface area contributed by atoms with Crippen LogP contribution < -0.4 is 5.32 Å². The van der Waals surface area contributed by atoms with Crippen LogP contribution in [-0.4, -0.2) is 54.0 Å². The highest BCUT2D eigenvalue weighted by Crippen LogP contribution is 2.27. The quantitative estimate of drug-likeness (QED) is 0.853. The third-order valence-electron chi connectivity index (χ3n) is 5.22. The first-order chi connectivity index (χ1) is 10.3. The zero-order chi connectivity index (χ0) is 14.2. The van der Waals surface area contributed by atoms with E-state index < -0.39 is 0 Å². The minimum absolute atomic E-state index is 0.0578. The SMILES string of the molecule is O=C(C1Cc2ccccc2N1)N1CCN2CCCCC2C1. The molecule has 3 aliphatic rings. The van der Waals surface area contributed by atoms with Crippen molar-refractivity contribution in [2.24, 2.45) is 0 Å². The minimum Gasteiger partial charge on any atom is -0.373 e. The Kier molecular flexibility index (Phi) is 3.34. The maximum Gasteiger partial charge on any atom is 0.245 e. The van der Waals surface area contributed by atoms with E-state index in [1.807, 2.05) is 12.1 Å². The molecule has 0 bridgehead atoms. The summed E-state index contributed by atoms with van der Waals surface area (Å²) in [5.41, 5.74) is 2.40. The van der Waals surface area contributed by atoms with Gasteiger partial charge in [0.1, 0.15) is 6.04 Å². The molecule has 4 heteroatoms. The van der Waals surface area contributed by atoms with E-state index in [9.17, 15) is 4.79 Å². The number of para-hydroxylation sites is 1. The van der Waals surface area contributed by atoms with Gasteiger partial charge in [0, 0.05) is 37.8 Å². The Hall–Kier alpha value is -1.55. The molecule has 1 aromatic rings. The fraction of sp³-hybridized carbons (Fsp3) is 0.588. The molecular formula is C17H23N3O. The molecule has 0 aliphatic carbocycles. The maximum atomic E-state index is 12.8. The first kappa shape index (κ1) is 13.1. The number of carbonyl (C=O) groups excluding carboxylic acids is 1. The molecule has 4 nitrogen and oxygen atoms in total. The molecule has 112 valence electrons. The summed E-state index contributed by atoms with van der Waals surface area (Å²) in [6.07, 6.45) is 4.72. The number of amides is 1. The summed E-state index contributed by atoms with van der Waals surface area (Å²) in [7, 11) is 0. The number of benzene rings is 1. The van der Waals surface area contributed by atoms with Gasteiger partial charge in [0.05, 0.1) is 0 Å². The van der Waals surface area contributed by atoms with Crippen molar-refractivity contribution < 1.29 is 4.79 Å². The lowest BCUT2D eigenvalue weighted by Gasteiger charge is -2.44. The van der Waals surface area contributed by atoms with Crippen molar-refractivity contribution in [3.63, 3.8) is 0 Å². The molecule has 3 aliphatic heterocycles. The van der Waals surface area contributed by atoms with E-state index in [1.54, 1.807) is 0 Å². The second-order valence-electron chi connectivity index (χ2n) is 6.53. The summed E-state index contributed by atoms with van der Waals surface area (Å²) in [6.45, 7) is 4.09. The van der Waals surface area contributed by atoms with Crippen LogP contribution in [0.3, 0.4) is 0 Å². The van der Waals surface area contributed by atoms with Crippen molar-refractivity contribution in [1.82, 2.24) is 9.80 Å². The summed E-state index contributed by atoms with van der Waals surface area (Å²) in [5.74, 6) is 0.288. The Morgan fingerprint density at radius 2 is 2.05 bits per heavy atom. The number of nitrogens with zero attached hydrogens (tertiary/aromatic N) is 2. The third kappa shape index (κ3) is 2.42. The zero-order valence-electron chi connectivity index (χ0n) is 12.4. The average molecular weight is 285 g/mol. The number of nitrogens with one attached hydrogen (secondary N) is 1. The molecule has 21 heavy (non-hydrogen) atoms. The molecule has 4 rings (SSSR count). The summed E-state index contributed by atoms with van der Waals surface area (Å²) >= 11 is 0. The Morgan fingerprint density at radius 1 is 1.14 bits per heavy atom. The van der Waals surface area contributed by atoms with Crippen molar-refractivity contribution in [3.8, 4) is 0 Å².